The lowest BCUT2D eigenvalue weighted by atomic mass is 10.1. The van der Waals surface area contributed by atoms with E-state index in [1.54, 1.807) is 0 Å². The highest BCUT2D eigenvalue weighted by atomic mass is 15.3. The Morgan fingerprint density at radius 3 is 2.56 bits per heavy atom. The Morgan fingerprint density at radius 1 is 0.889 bits per heavy atom. The molecule has 0 aliphatic heterocycles. The summed E-state index contributed by atoms with van der Waals surface area (Å²) in [6.45, 7) is 0. The first kappa shape index (κ1) is 10.8. The largest absolute Gasteiger partial charge is 0.385 e. The molecular formula is C14H14N4. The highest BCUT2D eigenvalue weighted by Gasteiger charge is 2.07. The molecule has 18 heavy (non-hydrogen) atoms. The minimum Gasteiger partial charge on any atom is -0.385 e. The van der Waals surface area contributed by atoms with Crippen molar-refractivity contribution in [2.45, 2.75) is 12.8 Å². The molecule has 0 bridgehead atoms. The van der Waals surface area contributed by atoms with Crippen molar-refractivity contribution in [3.05, 3.63) is 59.9 Å². The Bertz CT molecular complexity index is 658. The maximum atomic E-state index is 5.95. The molecule has 90 valence electrons. The zero-order valence-corrected chi connectivity index (χ0v) is 9.95. The summed E-state index contributed by atoms with van der Waals surface area (Å²) in [5, 5.41) is 8.33. The highest BCUT2D eigenvalue weighted by Crippen LogP contribution is 2.12. The summed E-state index contributed by atoms with van der Waals surface area (Å²) >= 11 is 0. The molecule has 0 unspecified atom stereocenters. The van der Waals surface area contributed by atoms with Gasteiger partial charge in [0.15, 0.2) is 5.65 Å². The van der Waals surface area contributed by atoms with Gasteiger partial charge in [0.1, 0.15) is 11.6 Å². The Morgan fingerprint density at radius 2 is 1.72 bits per heavy atom. The Hall–Kier alpha value is -2.36. The van der Waals surface area contributed by atoms with Gasteiger partial charge in [-0.15, -0.1) is 10.2 Å². The molecule has 2 heterocycles. The van der Waals surface area contributed by atoms with Crippen LogP contribution in [0.1, 0.15) is 11.4 Å². The van der Waals surface area contributed by atoms with Crippen LogP contribution in [0.25, 0.3) is 5.65 Å². The molecule has 2 N–H and O–H groups in total. The lowest BCUT2D eigenvalue weighted by molar-refractivity contribution is 0.842. The summed E-state index contributed by atoms with van der Waals surface area (Å²) in [5.74, 6) is 1.59. The van der Waals surface area contributed by atoms with Crippen LogP contribution in [0.15, 0.2) is 48.5 Å². The number of pyridine rings is 1. The van der Waals surface area contributed by atoms with Gasteiger partial charge in [-0.25, -0.2) is 0 Å². The molecule has 0 amide bonds. The van der Waals surface area contributed by atoms with Gasteiger partial charge in [-0.3, -0.25) is 4.40 Å². The maximum absolute atomic E-state index is 5.95. The van der Waals surface area contributed by atoms with Crippen LogP contribution in [0.2, 0.25) is 0 Å². The molecule has 0 saturated carbocycles. The Kier molecular flexibility index (Phi) is 2.68. The molecule has 0 saturated heterocycles. The number of hydrogen-bond acceptors (Lipinski definition) is 3. The SMILES string of the molecule is Nc1cccc2nnc(CCc3ccccc3)n12. The monoisotopic (exact) mass is 238 g/mol. The van der Waals surface area contributed by atoms with Crippen molar-refractivity contribution in [1.82, 2.24) is 14.6 Å². The first-order valence-corrected chi connectivity index (χ1v) is 5.97. The zero-order chi connectivity index (χ0) is 12.4. The van der Waals surface area contributed by atoms with E-state index < -0.39 is 0 Å². The first-order chi connectivity index (χ1) is 8.84. The molecule has 0 radical (unpaired) electrons. The van der Waals surface area contributed by atoms with Crippen molar-refractivity contribution in [3.8, 4) is 0 Å². The second-order valence-electron chi connectivity index (χ2n) is 4.25. The fourth-order valence-corrected chi connectivity index (χ4v) is 2.09. The van der Waals surface area contributed by atoms with Crippen LogP contribution in [0.5, 0.6) is 0 Å². The van der Waals surface area contributed by atoms with E-state index >= 15 is 0 Å². The molecule has 0 atom stereocenters. The number of nitrogens with two attached hydrogens (primary N) is 1. The van der Waals surface area contributed by atoms with Crippen LogP contribution in [0, 0.1) is 0 Å². The van der Waals surface area contributed by atoms with Crippen molar-refractivity contribution in [2.24, 2.45) is 0 Å². The van der Waals surface area contributed by atoms with E-state index in [1.165, 1.54) is 5.56 Å². The van der Waals surface area contributed by atoms with E-state index in [9.17, 15) is 0 Å². The molecule has 4 heteroatoms. The van der Waals surface area contributed by atoms with Crippen LogP contribution in [-0.2, 0) is 12.8 Å². The van der Waals surface area contributed by atoms with Crippen molar-refractivity contribution in [3.63, 3.8) is 0 Å². The third kappa shape index (κ3) is 1.93. The van der Waals surface area contributed by atoms with Crippen LogP contribution in [-0.4, -0.2) is 14.6 Å². The fraction of sp³-hybridized carbons (Fsp3) is 0.143. The van der Waals surface area contributed by atoms with E-state index in [0.717, 1.165) is 24.3 Å². The fourth-order valence-electron chi connectivity index (χ4n) is 2.09. The number of aryl methyl sites for hydroxylation is 2. The van der Waals surface area contributed by atoms with E-state index in [0.29, 0.717) is 5.82 Å². The van der Waals surface area contributed by atoms with E-state index in [1.807, 2.05) is 40.8 Å². The van der Waals surface area contributed by atoms with Crippen LogP contribution < -0.4 is 5.73 Å². The van der Waals surface area contributed by atoms with Crippen LogP contribution in [0.3, 0.4) is 0 Å². The van der Waals surface area contributed by atoms with Crippen LogP contribution >= 0.6 is 0 Å². The van der Waals surface area contributed by atoms with Crippen molar-refractivity contribution in [1.29, 1.82) is 0 Å². The molecule has 2 aromatic heterocycles. The van der Waals surface area contributed by atoms with Gasteiger partial charge in [-0.1, -0.05) is 36.4 Å². The minimum atomic E-state index is 0.681. The van der Waals surface area contributed by atoms with Gasteiger partial charge >= 0.3 is 0 Å². The normalized spacial score (nSPS) is 10.9. The van der Waals surface area contributed by atoms with Gasteiger partial charge in [0.2, 0.25) is 0 Å². The second kappa shape index (κ2) is 4.49. The molecule has 1 aromatic carbocycles. The van der Waals surface area contributed by atoms with E-state index in [-0.39, 0.29) is 0 Å². The molecule has 4 nitrogen and oxygen atoms in total. The number of fused-ring (bicyclic) bond motifs is 1. The van der Waals surface area contributed by atoms with Gasteiger partial charge in [0, 0.05) is 6.42 Å². The quantitative estimate of drug-likeness (QED) is 0.760. The van der Waals surface area contributed by atoms with Crippen molar-refractivity contribution >= 4 is 11.5 Å². The average molecular weight is 238 g/mol. The average Bonchev–Trinajstić information content (AvgIpc) is 2.82. The second-order valence-corrected chi connectivity index (χ2v) is 4.25. The Labute approximate surface area is 105 Å². The standard InChI is InChI=1S/C14H14N4/c15-12-7-4-8-13-16-17-14(18(12)13)10-9-11-5-2-1-3-6-11/h1-8H,9-10,15H2. The molecule has 0 aliphatic carbocycles. The van der Waals surface area contributed by atoms with Gasteiger partial charge < -0.3 is 5.73 Å². The lowest BCUT2D eigenvalue weighted by Crippen LogP contribution is -2.02. The zero-order valence-electron chi connectivity index (χ0n) is 9.95. The summed E-state index contributed by atoms with van der Waals surface area (Å²) in [6.07, 6.45) is 1.77. The lowest BCUT2D eigenvalue weighted by Gasteiger charge is -2.03. The molecule has 0 fully saturated rings. The number of rotatable bonds is 3. The van der Waals surface area contributed by atoms with E-state index in [4.69, 9.17) is 5.73 Å². The predicted molar refractivity (Wildman–Crippen MR) is 71.2 cm³/mol. The highest BCUT2D eigenvalue weighted by molar-refractivity contribution is 5.47. The maximum Gasteiger partial charge on any atom is 0.162 e. The van der Waals surface area contributed by atoms with Gasteiger partial charge in [0.25, 0.3) is 0 Å². The minimum absolute atomic E-state index is 0.681. The number of nitrogen functional groups attached to an aromatic ring is 1. The summed E-state index contributed by atoms with van der Waals surface area (Å²) in [6, 6.07) is 16.0. The third-order valence-corrected chi connectivity index (χ3v) is 3.01. The van der Waals surface area contributed by atoms with Crippen molar-refractivity contribution in [2.75, 3.05) is 5.73 Å². The van der Waals surface area contributed by atoms with Gasteiger partial charge in [-0.2, -0.15) is 0 Å². The summed E-state index contributed by atoms with van der Waals surface area (Å²) in [7, 11) is 0. The van der Waals surface area contributed by atoms with Gasteiger partial charge in [-0.05, 0) is 24.1 Å². The topological polar surface area (TPSA) is 56.2 Å². The predicted octanol–water partition coefficient (Wildman–Crippen LogP) is 2.10. The number of nitrogens with zero attached hydrogens (tertiary/aromatic N) is 3. The smallest absolute Gasteiger partial charge is 0.162 e. The molecule has 3 aromatic rings. The van der Waals surface area contributed by atoms with E-state index in [2.05, 4.69) is 22.3 Å². The Balaban J connectivity index is 1.87. The number of hydrogen-bond donors (Lipinski definition) is 1. The summed E-state index contributed by atoms with van der Waals surface area (Å²) < 4.78 is 1.91. The summed E-state index contributed by atoms with van der Waals surface area (Å²) in [4.78, 5) is 0. The molecule has 0 aliphatic rings. The number of anilines is 1. The molecular weight excluding hydrogens is 224 g/mol. The number of aromatic nitrogens is 3. The number of benzene rings is 1. The summed E-state index contributed by atoms with van der Waals surface area (Å²) in [5.41, 5.74) is 8.05. The van der Waals surface area contributed by atoms with Gasteiger partial charge in [0.05, 0.1) is 0 Å². The van der Waals surface area contributed by atoms with Crippen molar-refractivity contribution < 1.29 is 0 Å². The third-order valence-electron chi connectivity index (χ3n) is 3.01. The van der Waals surface area contributed by atoms with Crippen LogP contribution in [0.4, 0.5) is 5.82 Å². The molecule has 0 spiro atoms. The molecule has 3 rings (SSSR count). The first-order valence-electron chi connectivity index (χ1n) is 5.97.